The van der Waals surface area contributed by atoms with Crippen LogP contribution in [0.15, 0.2) is 18.2 Å². The summed E-state index contributed by atoms with van der Waals surface area (Å²) in [5.74, 6) is -0.219. The largest absolute Gasteiger partial charge is 0.497 e. The number of amides is 1. The third-order valence-corrected chi connectivity index (χ3v) is 2.72. The van der Waals surface area contributed by atoms with E-state index in [0.717, 1.165) is 6.42 Å². The first-order valence-electron chi connectivity index (χ1n) is 6.31. The molecular weight excluding hydrogens is 247 g/mol. The van der Waals surface area contributed by atoms with Gasteiger partial charge in [0.25, 0.3) is 5.91 Å². The van der Waals surface area contributed by atoms with Crippen LogP contribution in [0.4, 0.5) is 4.39 Å². The second-order valence-corrected chi connectivity index (χ2v) is 4.95. The second kappa shape index (κ2) is 7.09. The molecule has 0 heterocycles. The molecule has 4 nitrogen and oxygen atoms in total. The first kappa shape index (κ1) is 15.4. The number of hydrogen-bond donors (Lipinski definition) is 2. The van der Waals surface area contributed by atoms with Gasteiger partial charge in [-0.1, -0.05) is 13.8 Å². The fourth-order valence-electron chi connectivity index (χ4n) is 1.81. The predicted molar refractivity (Wildman–Crippen MR) is 72.7 cm³/mol. The summed E-state index contributed by atoms with van der Waals surface area (Å²) in [4.78, 5) is 11.8. The van der Waals surface area contributed by atoms with Crippen LogP contribution in [0.25, 0.3) is 0 Å². The molecule has 1 amide bonds. The van der Waals surface area contributed by atoms with Crippen LogP contribution in [0.2, 0.25) is 0 Å². The highest BCUT2D eigenvalue weighted by molar-refractivity contribution is 5.94. The average Bonchev–Trinajstić information content (AvgIpc) is 2.35. The molecule has 1 atom stereocenters. The lowest BCUT2D eigenvalue weighted by Gasteiger charge is -2.15. The van der Waals surface area contributed by atoms with Crippen LogP contribution < -0.4 is 15.8 Å². The molecule has 0 spiro atoms. The third-order valence-electron chi connectivity index (χ3n) is 2.72. The van der Waals surface area contributed by atoms with Gasteiger partial charge in [-0.05, 0) is 24.5 Å². The van der Waals surface area contributed by atoms with Crippen LogP contribution in [-0.4, -0.2) is 25.6 Å². The summed E-state index contributed by atoms with van der Waals surface area (Å²) in [6.45, 7) is 4.46. The van der Waals surface area contributed by atoms with Crippen molar-refractivity contribution >= 4 is 5.91 Å². The molecule has 0 bridgehead atoms. The van der Waals surface area contributed by atoms with Gasteiger partial charge in [-0.3, -0.25) is 4.79 Å². The van der Waals surface area contributed by atoms with E-state index in [2.05, 4.69) is 19.2 Å². The lowest BCUT2D eigenvalue weighted by atomic mass is 10.0. The van der Waals surface area contributed by atoms with Crippen molar-refractivity contribution in [3.8, 4) is 5.75 Å². The first-order chi connectivity index (χ1) is 8.93. The molecule has 0 aliphatic heterocycles. The van der Waals surface area contributed by atoms with E-state index in [-0.39, 0.29) is 11.6 Å². The summed E-state index contributed by atoms with van der Waals surface area (Å²) in [5, 5.41) is 2.64. The van der Waals surface area contributed by atoms with E-state index >= 15 is 0 Å². The number of carbonyl (C=O) groups excluding carboxylic acids is 1. The van der Waals surface area contributed by atoms with Gasteiger partial charge in [0, 0.05) is 18.7 Å². The molecule has 1 rings (SSSR count). The smallest absolute Gasteiger partial charge is 0.254 e. The minimum atomic E-state index is -0.603. The molecule has 0 fully saturated rings. The van der Waals surface area contributed by atoms with Gasteiger partial charge in [0.05, 0.1) is 12.7 Å². The number of rotatable bonds is 6. The Morgan fingerprint density at radius 1 is 1.47 bits per heavy atom. The van der Waals surface area contributed by atoms with E-state index in [1.807, 2.05) is 0 Å². The second-order valence-electron chi connectivity index (χ2n) is 4.95. The molecule has 0 aliphatic rings. The maximum atomic E-state index is 13.7. The molecule has 1 aromatic carbocycles. The quantitative estimate of drug-likeness (QED) is 0.828. The molecule has 0 aliphatic carbocycles. The predicted octanol–water partition coefficient (Wildman–Crippen LogP) is 1.94. The zero-order valence-electron chi connectivity index (χ0n) is 11.6. The van der Waals surface area contributed by atoms with E-state index in [1.54, 1.807) is 6.07 Å². The van der Waals surface area contributed by atoms with Crippen molar-refractivity contribution in [3.63, 3.8) is 0 Å². The van der Waals surface area contributed by atoms with Crippen LogP contribution in [0.1, 0.15) is 30.6 Å². The van der Waals surface area contributed by atoms with Crippen molar-refractivity contribution in [3.05, 3.63) is 29.6 Å². The summed E-state index contributed by atoms with van der Waals surface area (Å²) < 4.78 is 18.5. The lowest BCUT2D eigenvalue weighted by Crippen LogP contribution is -2.38. The number of nitrogens with two attached hydrogens (primary N) is 1. The minimum absolute atomic E-state index is 0.00227. The number of halogens is 1. The molecule has 3 N–H and O–H groups in total. The van der Waals surface area contributed by atoms with Crippen LogP contribution in [0.3, 0.4) is 0 Å². The highest BCUT2D eigenvalue weighted by atomic mass is 19.1. The number of carbonyl (C=O) groups is 1. The Morgan fingerprint density at radius 3 is 2.68 bits per heavy atom. The summed E-state index contributed by atoms with van der Waals surface area (Å²) in [5.41, 5.74) is 5.85. The Hall–Kier alpha value is -1.62. The first-order valence-corrected chi connectivity index (χ1v) is 6.31. The maximum Gasteiger partial charge on any atom is 0.254 e. The molecule has 5 heteroatoms. The number of nitrogens with one attached hydrogen (secondary N) is 1. The minimum Gasteiger partial charge on any atom is -0.497 e. The zero-order chi connectivity index (χ0) is 14.4. The zero-order valence-corrected chi connectivity index (χ0v) is 11.6. The van der Waals surface area contributed by atoms with Crippen LogP contribution >= 0.6 is 0 Å². The molecule has 19 heavy (non-hydrogen) atoms. The van der Waals surface area contributed by atoms with E-state index in [4.69, 9.17) is 10.5 Å². The van der Waals surface area contributed by atoms with Crippen molar-refractivity contribution in [2.45, 2.75) is 26.3 Å². The van der Waals surface area contributed by atoms with Crippen molar-refractivity contribution in [2.75, 3.05) is 13.7 Å². The van der Waals surface area contributed by atoms with E-state index < -0.39 is 11.7 Å². The number of hydrogen-bond acceptors (Lipinski definition) is 3. The lowest BCUT2D eigenvalue weighted by molar-refractivity contribution is 0.0946. The molecular formula is C14H21FN2O2. The highest BCUT2D eigenvalue weighted by Gasteiger charge is 2.14. The molecule has 1 aromatic rings. The van der Waals surface area contributed by atoms with Gasteiger partial charge in [-0.2, -0.15) is 0 Å². The summed E-state index contributed by atoms with van der Waals surface area (Å²) in [6.07, 6.45) is 0.811. The number of ether oxygens (including phenoxy) is 1. The summed E-state index contributed by atoms with van der Waals surface area (Å²) in [7, 11) is 1.44. The average molecular weight is 268 g/mol. The molecule has 106 valence electrons. The Labute approximate surface area is 113 Å². The topological polar surface area (TPSA) is 64.3 Å². The Morgan fingerprint density at radius 2 is 2.16 bits per heavy atom. The highest BCUT2D eigenvalue weighted by Crippen LogP contribution is 2.16. The van der Waals surface area contributed by atoms with Crippen LogP contribution in [-0.2, 0) is 0 Å². The van der Waals surface area contributed by atoms with Gasteiger partial charge in [0.15, 0.2) is 0 Å². The molecule has 0 saturated carbocycles. The maximum absolute atomic E-state index is 13.7. The van der Waals surface area contributed by atoms with Crippen LogP contribution in [0, 0.1) is 11.7 Å². The monoisotopic (exact) mass is 268 g/mol. The van der Waals surface area contributed by atoms with E-state index in [1.165, 1.54) is 19.2 Å². The van der Waals surface area contributed by atoms with Gasteiger partial charge in [0.1, 0.15) is 11.6 Å². The molecule has 0 aromatic heterocycles. The molecule has 1 unspecified atom stereocenters. The fraction of sp³-hybridized carbons (Fsp3) is 0.500. The third kappa shape index (κ3) is 4.87. The van der Waals surface area contributed by atoms with Gasteiger partial charge in [-0.15, -0.1) is 0 Å². The standard InChI is InChI=1S/C14H21FN2O2/c1-9(2)6-10(16)8-17-14(18)12-5-4-11(19-3)7-13(12)15/h4-5,7,9-10H,6,8,16H2,1-3H3,(H,17,18). The Balaban J connectivity index is 2.58. The summed E-state index contributed by atoms with van der Waals surface area (Å²) in [6, 6.07) is 4.01. The normalized spacial score (nSPS) is 12.3. The van der Waals surface area contributed by atoms with E-state index in [9.17, 15) is 9.18 Å². The van der Waals surface area contributed by atoms with Gasteiger partial charge >= 0.3 is 0 Å². The van der Waals surface area contributed by atoms with Crippen LogP contribution in [0.5, 0.6) is 5.75 Å². The fourth-order valence-corrected chi connectivity index (χ4v) is 1.81. The molecule has 0 saturated heterocycles. The number of methoxy groups -OCH3 is 1. The van der Waals surface area contributed by atoms with E-state index in [0.29, 0.717) is 18.2 Å². The van der Waals surface area contributed by atoms with Crippen molar-refractivity contribution in [2.24, 2.45) is 11.7 Å². The van der Waals surface area contributed by atoms with Gasteiger partial charge < -0.3 is 15.8 Å². The van der Waals surface area contributed by atoms with Crippen molar-refractivity contribution in [1.29, 1.82) is 0 Å². The number of benzene rings is 1. The van der Waals surface area contributed by atoms with Gasteiger partial charge in [0.2, 0.25) is 0 Å². The van der Waals surface area contributed by atoms with Crippen molar-refractivity contribution in [1.82, 2.24) is 5.32 Å². The van der Waals surface area contributed by atoms with Crippen molar-refractivity contribution < 1.29 is 13.9 Å². The Kier molecular flexibility index (Phi) is 5.76. The summed E-state index contributed by atoms with van der Waals surface area (Å²) >= 11 is 0. The van der Waals surface area contributed by atoms with Gasteiger partial charge in [-0.25, -0.2) is 4.39 Å². The Bertz CT molecular complexity index is 435. The molecule has 0 radical (unpaired) electrons. The SMILES string of the molecule is COc1ccc(C(=O)NCC(N)CC(C)C)c(F)c1.